The summed E-state index contributed by atoms with van der Waals surface area (Å²) in [5.74, 6) is -1.12. The molecule has 3 aromatic rings. The molecule has 2 N–H and O–H groups in total. The maximum atomic E-state index is 12.6. The van der Waals surface area contributed by atoms with Crippen LogP contribution >= 0.6 is 45.2 Å². The lowest BCUT2D eigenvalue weighted by Crippen LogP contribution is -2.16. The van der Waals surface area contributed by atoms with Gasteiger partial charge in [-0.2, -0.15) is 5.26 Å². The Kier molecular flexibility index (Phi) is 8.46. The number of carbonyl (C=O) groups excluding carboxylic acids is 1. The molecule has 0 aromatic heterocycles. The predicted octanol–water partition coefficient (Wildman–Crippen LogP) is 6.03. The molecule has 1 amide bonds. The zero-order valence-corrected chi connectivity index (χ0v) is 21.7. The highest BCUT2D eigenvalue weighted by atomic mass is 127. The first-order valence-electron chi connectivity index (χ1n) is 9.71. The van der Waals surface area contributed by atoms with Crippen molar-refractivity contribution in [2.45, 2.75) is 13.5 Å². The Morgan fingerprint density at radius 3 is 2.42 bits per heavy atom. The van der Waals surface area contributed by atoms with Gasteiger partial charge in [0.2, 0.25) is 0 Å². The van der Waals surface area contributed by atoms with E-state index < -0.39 is 11.9 Å². The molecule has 0 heterocycles. The molecule has 0 unspecified atom stereocenters. The fourth-order valence-corrected chi connectivity index (χ4v) is 5.17. The molecule has 6 nitrogen and oxygen atoms in total. The average molecular weight is 664 g/mol. The number of nitrogens with zero attached hydrogens (tertiary/aromatic N) is 1. The number of hydrogen-bond acceptors (Lipinski definition) is 4. The number of nitrogens with one attached hydrogen (secondary N) is 1. The largest absolute Gasteiger partial charge is 0.487 e. The monoisotopic (exact) mass is 664 g/mol. The number of amides is 1. The maximum Gasteiger partial charge on any atom is 0.337 e. The Hall–Kier alpha value is -2.91. The highest BCUT2D eigenvalue weighted by Gasteiger charge is 2.16. The van der Waals surface area contributed by atoms with E-state index >= 15 is 0 Å². The van der Waals surface area contributed by atoms with Gasteiger partial charge in [-0.25, -0.2) is 4.79 Å². The molecule has 0 spiro atoms. The molecule has 0 bridgehead atoms. The van der Waals surface area contributed by atoms with Gasteiger partial charge in [0, 0.05) is 0 Å². The van der Waals surface area contributed by atoms with Crippen molar-refractivity contribution in [1.82, 2.24) is 0 Å². The summed E-state index contributed by atoms with van der Waals surface area (Å²) in [7, 11) is 0. The fourth-order valence-electron chi connectivity index (χ4n) is 3.04. The number of ether oxygens (including phenoxy) is 1. The number of halogens is 2. The zero-order valence-electron chi connectivity index (χ0n) is 17.4. The number of anilines is 1. The first-order valence-corrected chi connectivity index (χ1v) is 11.9. The van der Waals surface area contributed by atoms with Gasteiger partial charge in [0.1, 0.15) is 24.0 Å². The van der Waals surface area contributed by atoms with E-state index in [1.807, 2.05) is 43.3 Å². The number of hydrogen-bond donors (Lipinski definition) is 2. The molecule has 33 heavy (non-hydrogen) atoms. The molecule has 0 saturated carbocycles. The zero-order chi connectivity index (χ0) is 24.0. The lowest BCUT2D eigenvalue weighted by Gasteiger charge is -2.12. The highest BCUT2D eigenvalue weighted by molar-refractivity contribution is 14.1. The van der Waals surface area contributed by atoms with Gasteiger partial charge in [0.05, 0.1) is 18.4 Å². The van der Waals surface area contributed by atoms with Crippen molar-refractivity contribution in [2.24, 2.45) is 0 Å². The standard InChI is InChI=1S/C25H18I2N2O4/c1-15-5-4-6-16(9-15)14-33-23-20(26)11-17(12-21(23)27)10-18(13-28)24(30)29-22-8-3-2-7-19(22)25(31)32/h2-12H,14H2,1H3,(H,29,30)(H,31,32)/b18-10+. The van der Waals surface area contributed by atoms with Crippen LogP contribution in [0.3, 0.4) is 0 Å². The second kappa shape index (κ2) is 11.3. The molecule has 0 saturated heterocycles. The van der Waals surface area contributed by atoms with Crippen molar-refractivity contribution in [2.75, 3.05) is 5.32 Å². The van der Waals surface area contributed by atoms with Crippen LogP contribution in [0.25, 0.3) is 6.08 Å². The fraction of sp³-hybridized carbons (Fsp3) is 0.0800. The van der Waals surface area contributed by atoms with Gasteiger partial charge >= 0.3 is 5.97 Å². The van der Waals surface area contributed by atoms with Crippen molar-refractivity contribution in [3.63, 3.8) is 0 Å². The summed E-state index contributed by atoms with van der Waals surface area (Å²) in [6.07, 6.45) is 1.47. The second-order valence-electron chi connectivity index (χ2n) is 7.07. The molecule has 3 aromatic carbocycles. The van der Waals surface area contributed by atoms with Gasteiger partial charge in [0.25, 0.3) is 5.91 Å². The molecular formula is C25H18I2N2O4. The molecule has 0 aliphatic rings. The minimum Gasteiger partial charge on any atom is -0.487 e. The van der Waals surface area contributed by atoms with E-state index in [2.05, 4.69) is 56.6 Å². The lowest BCUT2D eigenvalue weighted by atomic mass is 10.1. The van der Waals surface area contributed by atoms with Crippen LogP contribution in [-0.4, -0.2) is 17.0 Å². The van der Waals surface area contributed by atoms with E-state index in [0.717, 1.165) is 24.0 Å². The molecule has 0 aliphatic carbocycles. The Morgan fingerprint density at radius 1 is 1.09 bits per heavy atom. The van der Waals surface area contributed by atoms with E-state index in [-0.39, 0.29) is 16.8 Å². The van der Waals surface area contributed by atoms with Crippen molar-refractivity contribution >= 4 is 68.8 Å². The van der Waals surface area contributed by atoms with Gasteiger partial charge in [-0.05, 0) is 93.6 Å². The SMILES string of the molecule is Cc1cccc(COc2c(I)cc(/C=C(\C#N)C(=O)Nc3ccccc3C(=O)O)cc2I)c1. The molecule has 3 rings (SSSR count). The van der Waals surface area contributed by atoms with E-state index in [0.29, 0.717) is 12.2 Å². The van der Waals surface area contributed by atoms with Crippen molar-refractivity contribution in [3.05, 3.63) is 95.6 Å². The van der Waals surface area contributed by atoms with E-state index in [1.54, 1.807) is 12.1 Å². The number of para-hydroxylation sites is 1. The number of carboxylic acids is 1. The predicted molar refractivity (Wildman–Crippen MR) is 143 cm³/mol. The van der Waals surface area contributed by atoms with Gasteiger partial charge < -0.3 is 15.2 Å². The van der Waals surface area contributed by atoms with E-state index in [4.69, 9.17) is 4.74 Å². The Balaban J connectivity index is 1.80. The molecule has 0 radical (unpaired) electrons. The maximum absolute atomic E-state index is 12.6. The summed E-state index contributed by atoms with van der Waals surface area (Å²) >= 11 is 4.32. The van der Waals surface area contributed by atoms with Crippen LogP contribution in [0.15, 0.2) is 66.2 Å². The van der Waals surface area contributed by atoms with Crippen LogP contribution in [0, 0.1) is 25.4 Å². The van der Waals surface area contributed by atoms with Crippen LogP contribution < -0.4 is 10.1 Å². The average Bonchev–Trinajstić information content (AvgIpc) is 2.77. The summed E-state index contributed by atoms with van der Waals surface area (Å²) in [5.41, 5.74) is 2.81. The number of carboxylic acid groups (broad SMARTS) is 1. The van der Waals surface area contributed by atoms with E-state index in [9.17, 15) is 20.0 Å². The molecular weight excluding hydrogens is 646 g/mol. The third-order valence-corrected chi connectivity index (χ3v) is 6.17. The molecule has 166 valence electrons. The third kappa shape index (κ3) is 6.55. The van der Waals surface area contributed by atoms with Gasteiger partial charge in [-0.1, -0.05) is 42.0 Å². The number of aryl methyl sites for hydroxylation is 1. The van der Waals surface area contributed by atoms with Crippen molar-refractivity contribution in [3.8, 4) is 11.8 Å². The summed E-state index contributed by atoms with van der Waals surface area (Å²) in [6, 6.07) is 19.7. The van der Waals surface area contributed by atoms with Crippen LogP contribution in [-0.2, 0) is 11.4 Å². The molecule has 8 heteroatoms. The first kappa shape index (κ1) is 24.7. The molecule has 0 fully saturated rings. The highest BCUT2D eigenvalue weighted by Crippen LogP contribution is 2.30. The summed E-state index contributed by atoms with van der Waals surface area (Å²) in [5, 5.41) is 21.3. The number of aromatic carboxylic acids is 1. The van der Waals surface area contributed by atoms with Gasteiger partial charge in [-0.15, -0.1) is 0 Å². The normalized spacial score (nSPS) is 10.9. The van der Waals surface area contributed by atoms with Crippen LogP contribution in [0.2, 0.25) is 0 Å². The van der Waals surface area contributed by atoms with Gasteiger partial charge in [0.15, 0.2) is 0 Å². The topological polar surface area (TPSA) is 99.4 Å². The second-order valence-corrected chi connectivity index (χ2v) is 9.39. The van der Waals surface area contributed by atoms with Crippen LogP contribution in [0.1, 0.15) is 27.0 Å². The Bertz CT molecular complexity index is 1270. The first-order chi connectivity index (χ1) is 15.8. The Labute approximate surface area is 218 Å². The van der Waals surface area contributed by atoms with Crippen LogP contribution in [0.4, 0.5) is 5.69 Å². The summed E-state index contributed by atoms with van der Waals surface area (Å²) < 4.78 is 7.70. The lowest BCUT2D eigenvalue weighted by molar-refractivity contribution is -0.112. The smallest absolute Gasteiger partial charge is 0.337 e. The number of carbonyl (C=O) groups is 2. The number of nitriles is 1. The molecule has 0 aliphatic heterocycles. The van der Waals surface area contributed by atoms with Gasteiger partial charge in [-0.3, -0.25) is 4.79 Å². The third-order valence-electron chi connectivity index (χ3n) is 4.57. The minimum absolute atomic E-state index is 0.0534. The quantitative estimate of drug-likeness (QED) is 0.183. The number of benzene rings is 3. The number of rotatable bonds is 7. The van der Waals surface area contributed by atoms with Crippen LogP contribution in [0.5, 0.6) is 5.75 Å². The Morgan fingerprint density at radius 2 is 1.79 bits per heavy atom. The van der Waals surface area contributed by atoms with E-state index in [1.165, 1.54) is 18.2 Å². The van der Waals surface area contributed by atoms with Crippen molar-refractivity contribution in [1.29, 1.82) is 5.26 Å². The summed E-state index contributed by atoms with van der Waals surface area (Å²) in [4.78, 5) is 24.0. The minimum atomic E-state index is -1.17. The molecule has 0 atom stereocenters. The van der Waals surface area contributed by atoms with Crippen molar-refractivity contribution < 1.29 is 19.4 Å². The summed E-state index contributed by atoms with van der Waals surface area (Å²) in [6.45, 7) is 2.46.